The first kappa shape index (κ1) is 31.2. The number of benzene rings is 1. The zero-order chi connectivity index (χ0) is 29.9. The Bertz CT molecular complexity index is 1450. The van der Waals surface area contributed by atoms with Crippen LogP contribution in [0.2, 0.25) is 0 Å². The number of carbonyl (C=O) groups is 1. The Kier molecular flexibility index (Phi) is 9.96. The molecule has 4 N–H and O–H groups in total. The molecule has 2 aromatic heterocycles. The maximum absolute atomic E-state index is 14.1. The van der Waals surface area contributed by atoms with Gasteiger partial charge in [-0.2, -0.15) is 5.09 Å². The van der Waals surface area contributed by atoms with Crippen molar-refractivity contribution in [2.24, 2.45) is 5.92 Å². The highest BCUT2D eigenvalue weighted by molar-refractivity contribution is 7.71. The zero-order valence-corrected chi connectivity index (χ0v) is 25.2. The van der Waals surface area contributed by atoms with Gasteiger partial charge in [0, 0.05) is 0 Å². The van der Waals surface area contributed by atoms with Crippen molar-refractivity contribution in [3.8, 4) is 5.75 Å². The van der Waals surface area contributed by atoms with Gasteiger partial charge < -0.3 is 29.2 Å². The monoisotopic (exact) mass is 609 g/mol. The van der Waals surface area contributed by atoms with E-state index in [1.54, 1.807) is 51.1 Å². The fourth-order valence-electron chi connectivity index (χ4n) is 4.38. The van der Waals surface area contributed by atoms with Gasteiger partial charge in [0.15, 0.2) is 11.9 Å². The Labute approximate surface area is 242 Å². The van der Waals surface area contributed by atoms with E-state index >= 15 is 0 Å². The van der Waals surface area contributed by atoms with E-state index in [9.17, 15) is 19.6 Å². The number of aromatic nitrogens is 4. The molecule has 3 heterocycles. The van der Waals surface area contributed by atoms with Crippen molar-refractivity contribution < 1.29 is 38.1 Å². The number of hydrogen-bond acceptors (Lipinski definition) is 11. The molecule has 0 radical (unpaired) electrons. The van der Waals surface area contributed by atoms with Gasteiger partial charge in [-0.1, -0.05) is 44.3 Å². The predicted octanol–water partition coefficient (Wildman–Crippen LogP) is 3.58. The molecule has 4 rings (SSSR count). The summed E-state index contributed by atoms with van der Waals surface area (Å²) in [7, 11) is -4.25. The molecule has 0 aliphatic carbocycles. The van der Waals surface area contributed by atoms with Gasteiger partial charge in [-0.25, -0.2) is 14.5 Å². The van der Waals surface area contributed by atoms with Crippen molar-refractivity contribution in [1.82, 2.24) is 24.6 Å². The Morgan fingerprint density at radius 3 is 2.59 bits per heavy atom. The number of rotatable bonds is 12. The van der Waals surface area contributed by atoms with Crippen LogP contribution in [-0.4, -0.2) is 72.8 Å². The number of aryl methyl sites for hydroxylation is 1. The summed E-state index contributed by atoms with van der Waals surface area (Å²) in [6.07, 6.45) is -3.69. The van der Waals surface area contributed by atoms with Crippen molar-refractivity contribution in [1.29, 1.82) is 0 Å². The van der Waals surface area contributed by atoms with E-state index in [2.05, 4.69) is 20.0 Å². The van der Waals surface area contributed by atoms with Crippen LogP contribution in [0.25, 0.3) is 11.2 Å². The van der Waals surface area contributed by atoms with Gasteiger partial charge >= 0.3 is 13.7 Å². The predicted molar refractivity (Wildman–Crippen MR) is 152 cm³/mol. The minimum absolute atomic E-state index is 0.0452. The van der Waals surface area contributed by atoms with Crippen LogP contribution in [0, 0.1) is 17.5 Å². The molecule has 224 valence electrons. The van der Waals surface area contributed by atoms with Gasteiger partial charge in [-0.3, -0.25) is 13.9 Å². The number of nitrogens with one attached hydrogen (secondary N) is 2. The molecular weight excluding hydrogens is 573 g/mol. The van der Waals surface area contributed by atoms with Crippen molar-refractivity contribution in [3.63, 3.8) is 0 Å². The van der Waals surface area contributed by atoms with Gasteiger partial charge in [-0.15, -0.1) is 0 Å². The molecule has 1 aliphatic heterocycles. The summed E-state index contributed by atoms with van der Waals surface area (Å²) >= 11 is 5.31. The Hall–Kier alpha value is -2.71. The number of para-hydroxylation sites is 1. The van der Waals surface area contributed by atoms with Crippen LogP contribution in [0.3, 0.4) is 0 Å². The standard InChI is InChI=1S/C26H36N5O8PS/c1-14(2)11-18(26(34)37-15(3)4)30-40(35,39-17-9-7-6-8-10-17)36-12-19-21(32)22(33)25(38-19)31-13-27-20-23(31)28-16(5)29-24(20)41/h6-10,13-15,18-19,21-22,25,32-33H,11-12H2,1-5H3,(H,30,35)(H,28,29,41)/t18-,19+,21?,22?,25?,40?/m0/s1. The average molecular weight is 610 g/mol. The minimum atomic E-state index is -4.25. The Morgan fingerprint density at radius 2 is 1.93 bits per heavy atom. The van der Waals surface area contributed by atoms with Crippen molar-refractivity contribution in [2.45, 2.75) is 77.7 Å². The van der Waals surface area contributed by atoms with Crippen LogP contribution in [0.4, 0.5) is 0 Å². The quantitative estimate of drug-likeness (QED) is 0.134. The lowest BCUT2D eigenvalue weighted by Gasteiger charge is -2.27. The zero-order valence-electron chi connectivity index (χ0n) is 23.5. The van der Waals surface area contributed by atoms with Crippen LogP contribution in [0.15, 0.2) is 36.7 Å². The number of ether oxygens (including phenoxy) is 2. The molecule has 1 aliphatic rings. The number of esters is 1. The summed E-state index contributed by atoms with van der Waals surface area (Å²) in [6, 6.07) is 7.33. The van der Waals surface area contributed by atoms with Crippen LogP contribution < -0.4 is 9.61 Å². The molecule has 15 heteroatoms. The molecule has 3 aromatic rings. The summed E-state index contributed by atoms with van der Waals surface area (Å²) < 4.78 is 38.7. The lowest BCUT2D eigenvalue weighted by molar-refractivity contribution is -0.150. The lowest BCUT2D eigenvalue weighted by atomic mass is 10.0. The largest absolute Gasteiger partial charge is 0.462 e. The summed E-state index contributed by atoms with van der Waals surface area (Å²) in [4.78, 5) is 24.4. The number of H-pyrrole nitrogens is 1. The van der Waals surface area contributed by atoms with E-state index in [1.807, 2.05) is 13.8 Å². The molecule has 0 amide bonds. The number of aliphatic hydroxyl groups is 2. The van der Waals surface area contributed by atoms with E-state index in [1.165, 1.54) is 10.9 Å². The second kappa shape index (κ2) is 13.1. The fraction of sp³-hybridized carbons (Fsp3) is 0.538. The molecule has 41 heavy (non-hydrogen) atoms. The number of imidazole rings is 1. The van der Waals surface area contributed by atoms with Gasteiger partial charge in [0.05, 0.1) is 19.0 Å². The highest BCUT2D eigenvalue weighted by Crippen LogP contribution is 2.46. The van der Waals surface area contributed by atoms with Crippen LogP contribution in [-0.2, 0) is 23.4 Å². The van der Waals surface area contributed by atoms with E-state index in [0.29, 0.717) is 28.0 Å². The molecule has 0 spiro atoms. The highest BCUT2D eigenvalue weighted by Gasteiger charge is 2.46. The second-order valence-corrected chi connectivity index (χ2v) is 12.6. The molecule has 6 atom stereocenters. The molecule has 1 fully saturated rings. The summed E-state index contributed by atoms with van der Waals surface area (Å²) in [5.74, 6) is 0.213. The van der Waals surface area contributed by atoms with Gasteiger partial charge in [0.2, 0.25) is 0 Å². The van der Waals surface area contributed by atoms with Crippen molar-refractivity contribution in [3.05, 3.63) is 47.1 Å². The summed E-state index contributed by atoms with van der Waals surface area (Å²) in [6.45, 7) is 8.54. The second-order valence-electron chi connectivity index (χ2n) is 10.5. The number of hydrogen-bond donors (Lipinski definition) is 4. The first-order chi connectivity index (χ1) is 19.4. The Morgan fingerprint density at radius 1 is 1.22 bits per heavy atom. The van der Waals surface area contributed by atoms with Gasteiger partial charge in [-0.05, 0) is 45.2 Å². The number of aromatic amines is 1. The first-order valence-electron chi connectivity index (χ1n) is 13.3. The van der Waals surface area contributed by atoms with E-state index in [4.69, 9.17) is 30.7 Å². The lowest BCUT2D eigenvalue weighted by Crippen LogP contribution is -2.40. The molecular formula is C26H36N5O8PS. The fourth-order valence-corrected chi connectivity index (χ4v) is 6.19. The maximum Gasteiger partial charge on any atom is 0.459 e. The average Bonchev–Trinajstić information content (AvgIpc) is 3.43. The molecule has 4 unspecified atom stereocenters. The number of aliphatic hydroxyl groups excluding tert-OH is 2. The summed E-state index contributed by atoms with van der Waals surface area (Å²) in [5, 5.41) is 24.4. The third kappa shape index (κ3) is 7.58. The SMILES string of the molecule is Cc1nc2c(ncn2C2O[C@H](COP(=O)(N[C@@H](CC(C)C)C(=O)OC(C)C)Oc3ccccc3)C(O)C2O)c(=S)[nH]1. The number of carbonyl (C=O) groups excluding carboxylic acids is 1. The number of nitrogens with zero attached hydrogens (tertiary/aromatic N) is 3. The summed E-state index contributed by atoms with van der Waals surface area (Å²) in [5.41, 5.74) is 0.772. The third-order valence-electron chi connectivity index (χ3n) is 6.20. The minimum Gasteiger partial charge on any atom is -0.462 e. The topological polar surface area (TPSA) is 170 Å². The first-order valence-corrected chi connectivity index (χ1v) is 15.2. The molecule has 0 saturated carbocycles. The van der Waals surface area contributed by atoms with Crippen LogP contribution >= 0.6 is 20.0 Å². The third-order valence-corrected chi connectivity index (χ3v) is 8.06. The normalized spacial score (nSPS) is 23.1. The smallest absolute Gasteiger partial charge is 0.459 e. The van der Waals surface area contributed by atoms with Gasteiger partial charge in [0.25, 0.3) is 0 Å². The molecule has 1 saturated heterocycles. The molecule has 13 nitrogen and oxygen atoms in total. The van der Waals surface area contributed by atoms with Crippen LogP contribution in [0.1, 0.15) is 46.2 Å². The molecule has 1 aromatic carbocycles. The van der Waals surface area contributed by atoms with Crippen molar-refractivity contribution >= 4 is 37.1 Å². The number of fused-ring (bicyclic) bond motifs is 1. The van der Waals surface area contributed by atoms with E-state index in [0.717, 1.165) is 0 Å². The highest BCUT2D eigenvalue weighted by atomic mass is 32.1. The van der Waals surface area contributed by atoms with Crippen molar-refractivity contribution in [2.75, 3.05) is 6.61 Å². The molecule has 0 bridgehead atoms. The maximum atomic E-state index is 14.1. The van der Waals surface area contributed by atoms with Gasteiger partial charge in [0.1, 0.15) is 46.1 Å². The van der Waals surface area contributed by atoms with E-state index in [-0.39, 0.29) is 17.8 Å². The van der Waals surface area contributed by atoms with E-state index < -0.39 is 50.9 Å². The Balaban J connectivity index is 1.56. The van der Waals surface area contributed by atoms with Crippen LogP contribution in [0.5, 0.6) is 5.75 Å².